The van der Waals surface area contributed by atoms with Crippen molar-refractivity contribution in [2.45, 2.75) is 51.1 Å². The van der Waals surface area contributed by atoms with Gasteiger partial charge in [-0.3, -0.25) is 9.79 Å². The van der Waals surface area contributed by atoms with Crippen LogP contribution in [0.5, 0.6) is 0 Å². The molecular formula is C24H29N7OS. The Labute approximate surface area is 197 Å². The number of thioether (sulfide) groups is 1. The molecule has 2 saturated heterocycles. The van der Waals surface area contributed by atoms with E-state index in [1.54, 1.807) is 11.8 Å². The molecule has 2 fully saturated rings. The highest BCUT2D eigenvalue weighted by Gasteiger charge is 2.33. The molecule has 3 aliphatic heterocycles. The Morgan fingerprint density at radius 3 is 3.00 bits per heavy atom. The molecule has 4 aliphatic rings. The molecule has 2 atom stereocenters. The lowest BCUT2D eigenvalue weighted by molar-refractivity contribution is -0.130. The fourth-order valence-electron chi connectivity index (χ4n) is 5.32. The number of piperidine rings is 1. The number of nitrogens with zero attached hydrogens (tertiary/aromatic N) is 6. The predicted octanol–water partition coefficient (Wildman–Crippen LogP) is 2.99. The number of nitrogens with two attached hydrogens (primary N) is 1. The first-order chi connectivity index (χ1) is 16.1. The molecule has 1 amide bonds. The van der Waals surface area contributed by atoms with E-state index in [0.717, 1.165) is 96.5 Å². The maximum absolute atomic E-state index is 13.5. The highest BCUT2D eigenvalue weighted by atomic mass is 32.2. The molecule has 9 heteroatoms. The second kappa shape index (κ2) is 8.29. The third kappa shape index (κ3) is 3.77. The van der Waals surface area contributed by atoms with Crippen molar-refractivity contribution in [1.82, 2.24) is 19.5 Å². The number of aliphatic imine (C=N–C) groups is 1. The molecule has 33 heavy (non-hydrogen) atoms. The van der Waals surface area contributed by atoms with Crippen LogP contribution in [0, 0.1) is 6.92 Å². The van der Waals surface area contributed by atoms with E-state index in [4.69, 9.17) is 15.8 Å². The van der Waals surface area contributed by atoms with Crippen LogP contribution in [0.2, 0.25) is 0 Å². The largest absolute Gasteiger partial charge is 0.355 e. The molecule has 2 aromatic rings. The lowest BCUT2D eigenvalue weighted by atomic mass is 9.96. The Morgan fingerprint density at radius 2 is 2.15 bits per heavy atom. The van der Waals surface area contributed by atoms with Gasteiger partial charge in [-0.25, -0.2) is 9.50 Å². The first-order valence-electron chi connectivity index (χ1n) is 11.8. The van der Waals surface area contributed by atoms with Crippen LogP contribution >= 0.6 is 11.8 Å². The Balaban J connectivity index is 1.29. The minimum atomic E-state index is -0.0255. The van der Waals surface area contributed by atoms with Gasteiger partial charge in [0.1, 0.15) is 5.82 Å². The van der Waals surface area contributed by atoms with Crippen LogP contribution in [0.3, 0.4) is 0 Å². The summed E-state index contributed by atoms with van der Waals surface area (Å²) in [7, 11) is 0. The van der Waals surface area contributed by atoms with Gasteiger partial charge in [-0.1, -0.05) is 6.08 Å². The molecule has 2 aromatic heterocycles. The maximum Gasteiger partial charge on any atom is 0.254 e. The zero-order chi connectivity index (χ0) is 22.5. The summed E-state index contributed by atoms with van der Waals surface area (Å²) >= 11 is 1.72. The van der Waals surface area contributed by atoms with Gasteiger partial charge in [-0.15, -0.1) is 11.8 Å². The van der Waals surface area contributed by atoms with Crippen LogP contribution < -0.4 is 10.6 Å². The minimum Gasteiger partial charge on any atom is -0.355 e. The summed E-state index contributed by atoms with van der Waals surface area (Å²) in [5, 5.41) is 4.87. The van der Waals surface area contributed by atoms with Gasteiger partial charge in [0.2, 0.25) is 0 Å². The molecule has 2 N–H and O–H groups in total. The molecule has 0 spiro atoms. The van der Waals surface area contributed by atoms with E-state index in [0.29, 0.717) is 0 Å². The van der Waals surface area contributed by atoms with Gasteiger partial charge < -0.3 is 15.5 Å². The first kappa shape index (κ1) is 20.9. The fourth-order valence-corrected chi connectivity index (χ4v) is 6.20. The van der Waals surface area contributed by atoms with E-state index in [2.05, 4.69) is 22.9 Å². The molecule has 5 heterocycles. The van der Waals surface area contributed by atoms with E-state index >= 15 is 0 Å². The standard InChI is InChI=1S/C24H29N7OS/c1-15-12-31-22(27-23(15)29-9-7-17(25)13-29)11-19(28-31)20-4-2-3-8-30(20)24(32)16-5-6-18-21(10-16)33-14-26-18/h5,10-12,17,20H,2-4,6-9,13-14,25H2,1H3/t17-,20-/m0/s1. The van der Waals surface area contributed by atoms with Gasteiger partial charge in [0.05, 0.1) is 23.3 Å². The second-order valence-corrected chi connectivity index (χ2v) is 10.4. The Morgan fingerprint density at radius 1 is 1.24 bits per heavy atom. The number of allylic oxidation sites excluding steroid dienone is 2. The Kier molecular flexibility index (Phi) is 5.25. The van der Waals surface area contributed by atoms with E-state index in [1.807, 2.05) is 27.8 Å². The molecule has 8 nitrogen and oxygen atoms in total. The van der Waals surface area contributed by atoms with Crippen molar-refractivity contribution in [3.63, 3.8) is 0 Å². The van der Waals surface area contributed by atoms with Crippen molar-refractivity contribution in [3.05, 3.63) is 46.2 Å². The summed E-state index contributed by atoms with van der Waals surface area (Å²) in [6, 6.07) is 2.24. The van der Waals surface area contributed by atoms with Crippen LogP contribution in [0.25, 0.3) is 5.65 Å². The predicted molar refractivity (Wildman–Crippen MR) is 132 cm³/mol. The van der Waals surface area contributed by atoms with Gasteiger partial charge in [0, 0.05) is 60.4 Å². The monoisotopic (exact) mass is 463 g/mol. The number of fused-ring (bicyclic) bond motifs is 2. The number of aryl methyl sites for hydroxylation is 1. The average Bonchev–Trinajstić information content (AvgIpc) is 3.56. The summed E-state index contributed by atoms with van der Waals surface area (Å²) in [4.78, 5) is 28.4. The molecule has 6 rings (SSSR count). The first-order valence-corrected chi connectivity index (χ1v) is 12.8. The summed E-state index contributed by atoms with van der Waals surface area (Å²) in [5.41, 5.74) is 10.9. The van der Waals surface area contributed by atoms with Crippen LogP contribution in [0.15, 0.2) is 39.9 Å². The number of carbonyl (C=O) groups is 1. The van der Waals surface area contributed by atoms with Crippen LogP contribution in [0.4, 0.5) is 5.82 Å². The molecule has 0 aromatic carbocycles. The van der Waals surface area contributed by atoms with Crippen molar-refractivity contribution in [2.24, 2.45) is 10.7 Å². The van der Waals surface area contributed by atoms with Gasteiger partial charge in [-0.2, -0.15) is 5.10 Å². The lowest BCUT2D eigenvalue weighted by Gasteiger charge is -2.35. The third-order valence-corrected chi connectivity index (χ3v) is 7.98. The number of rotatable bonds is 3. The van der Waals surface area contributed by atoms with Crippen molar-refractivity contribution >= 4 is 34.8 Å². The van der Waals surface area contributed by atoms with E-state index in [-0.39, 0.29) is 18.0 Å². The molecule has 0 saturated carbocycles. The van der Waals surface area contributed by atoms with E-state index in [1.165, 1.54) is 0 Å². The van der Waals surface area contributed by atoms with Crippen LogP contribution in [-0.2, 0) is 4.79 Å². The van der Waals surface area contributed by atoms with Crippen LogP contribution in [-0.4, -0.2) is 62.7 Å². The molecule has 0 bridgehead atoms. The zero-order valence-corrected chi connectivity index (χ0v) is 19.7. The molecule has 0 radical (unpaired) electrons. The summed E-state index contributed by atoms with van der Waals surface area (Å²) in [5.74, 6) is 1.86. The average molecular weight is 464 g/mol. The zero-order valence-electron chi connectivity index (χ0n) is 18.9. The molecule has 1 aliphatic carbocycles. The molecular weight excluding hydrogens is 434 g/mol. The van der Waals surface area contributed by atoms with Gasteiger partial charge >= 0.3 is 0 Å². The molecule has 0 unspecified atom stereocenters. The van der Waals surface area contributed by atoms with Crippen molar-refractivity contribution in [1.29, 1.82) is 0 Å². The second-order valence-electron chi connectivity index (χ2n) is 9.37. The normalized spacial score (nSPS) is 25.2. The topological polar surface area (TPSA) is 92.1 Å². The molecule has 172 valence electrons. The number of carbonyl (C=O) groups excluding carboxylic acids is 1. The van der Waals surface area contributed by atoms with Gasteiger partial charge in [0.15, 0.2) is 5.65 Å². The summed E-state index contributed by atoms with van der Waals surface area (Å²) in [6.07, 6.45) is 10.9. The number of aromatic nitrogens is 3. The highest BCUT2D eigenvalue weighted by molar-refractivity contribution is 8.04. The number of hydrogen-bond donors (Lipinski definition) is 1. The maximum atomic E-state index is 13.5. The Hall–Kier alpha value is -2.65. The number of hydrogen-bond acceptors (Lipinski definition) is 7. The van der Waals surface area contributed by atoms with Crippen molar-refractivity contribution < 1.29 is 4.79 Å². The number of amides is 1. The van der Waals surface area contributed by atoms with Gasteiger partial charge in [-0.05, 0) is 38.7 Å². The third-order valence-electron chi connectivity index (χ3n) is 7.06. The number of likely N-dealkylation sites (tertiary alicyclic amines) is 1. The van der Waals surface area contributed by atoms with Crippen LogP contribution in [0.1, 0.15) is 49.4 Å². The van der Waals surface area contributed by atoms with Crippen molar-refractivity contribution in [3.8, 4) is 0 Å². The summed E-state index contributed by atoms with van der Waals surface area (Å²) < 4.78 is 1.86. The highest BCUT2D eigenvalue weighted by Crippen LogP contribution is 2.35. The lowest BCUT2D eigenvalue weighted by Crippen LogP contribution is -2.39. The van der Waals surface area contributed by atoms with Crippen molar-refractivity contribution in [2.75, 3.05) is 30.4 Å². The summed E-state index contributed by atoms with van der Waals surface area (Å²) in [6.45, 7) is 4.61. The quantitative estimate of drug-likeness (QED) is 0.752. The fraction of sp³-hybridized carbons (Fsp3) is 0.500. The Bertz CT molecular complexity index is 1210. The smallest absolute Gasteiger partial charge is 0.254 e. The van der Waals surface area contributed by atoms with E-state index < -0.39 is 0 Å². The van der Waals surface area contributed by atoms with E-state index in [9.17, 15) is 4.79 Å². The number of anilines is 1. The van der Waals surface area contributed by atoms with Gasteiger partial charge in [0.25, 0.3) is 5.91 Å². The SMILES string of the molecule is Cc1cn2nc([C@@H]3CCCCN3C(=O)C3=CCC4=NCSC4=C3)cc2nc1N1CC[C@H](N)C1. The minimum absolute atomic E-state index is 0.0255.